The molecule has 1 aliphatic rings. The predicted octanol–water partition coefficient (Wildman–Crippen LogP) is 5.70. The van der Waals surface area contributed by atoms with Crippen molar-refractivity contribution in [3.8, 4) is 0 Å². The van der Waals surface area contributed by atoms with E-state index in [-0.39, 0.29) is 23.5 Å². The van der Waals surface area contributed by atoms with E-state index in [0.29, 0.717) is 12.3 Å². The summed E-state index contributed by atoms with van der Waals surface area (Å²) >= 11 is 0. The molecular formula is C24H40O4. The molecule has 160 valence electrons. The molecule has 4 nitrogen and oxygen atoms in total. The second-order valence-corrected chi connectivity index (χ2v) is 8.69. The van der Waals surface area contributed by atoms with Gasteiger partial charge in [0.1, 0.15) is 0 Å². The van der Waals surface area contributed by atoms with Gasteiger partial charge in [-0.25, -0.2) is 4.79 Å². The number of aliphatic hydroxyl groups excluding tert-OH is 1. The molecular weight excluding hydrogens is 352 g/mol. The second-order valence-electron chi connectivity index (χ2n) is 8.69. The Bertz CT molecular complexity index is 537. The molecule has 0 bridgehead atoms. The van der Waals surface area contributed by atoms with Crippen LogP contribution >= 0.6 is 0 Å². The summed E-state index contributed by atoms with van der Waals surface area (Å²) < 4.78 is 0. The van der Waals surface area contributed by atoms with Gasteiger partial charge in [-0.15, -0.1) is 0 Å². The first kappa shape index (κ1) is 24.6. The molecule has 0 radical (unpaired) electrons. The van der Waals surface area contributed by atoms with Crippen LogP contribution in [0.1, 0.15) is 91.4 Å². The molecule has 4 heteroatoms. The van der Waals surface area contributed by atoms with Crippen LogP contribution in [0, 0.1) is 17.3 Å². The van der Waals surface area contributed by atoms with Gasteiger partial charge in [-0.3, -0.25) is 4.79 Å². The fourth-order valence-corrected chi connectivity index (χ4v) is 3.93. The van der Waals surface area contributed by atoms with E-state index in [4.69, 9.17) is 5.11 Å². The van der Waals surface area contributed by atoms with Gasteiger partial charge in [0.25, 0.3) is 0 Å². The molecule has 4 atom stereocenters. The summed E-state index contributed by atoms with van der Waals surface area (Å²) in [5, 5.41) is 18.0. The van der Waals surface area contributed by atoms with Gasteiger partial charge in [0.2, 0.25) is 0 Å². The van der Waals surface area contributed by atoms with Crippen LogP contribution in [0.25, 0.3) is 0 Å². The van der Waals surface area contributed by atoms with Crippen LogP contribution in [-0.2, 0) is 9.59 Å². The largest absolute Gasteiger partial charge is 0.479 e. The zero-order valence-corrected chi connectivity index (χ0v) is 18.0. The Hall–Kier alpha value is -1.42. The summed E-state index contributed by atoms with van der Waals surface area (Å²) in [6, 6.07) is 0. The Morgan fingerprint density at radius 1 is 1.14 bits per heavy atom. The number of unbranched alkanes of at least 4 members (excludes halogenated alkanes) is 6. The monoisotopic (exact) mass is 392 g/mol. The van der Waals surface area contributed by atoms with Crippen molar-refractivity contribution in [1.82, 2.24) is 0 Å². The smallest absolute Gasteiger partial charge is 0.332 e. The average molecular weight is 393 g/mol. The van der Waals surface area contributed by atoms with Crippen molar-refractivity contribution < 1.29 is 19.8 Å². The molecule has 0 aromatic heterocycles. The summed E-state index contributed by atoms with van der Waals surface area (Å²) in [6.07, 6.45) is 18.1. The molecule has 0 amide bonds. The average Bonchev–Trinajstić information content (AvgIpc) is 2.93. The maximum absolute atomic E-state index is 12.4. The highest BCUT2D eigenvalue weighted by molar-refractivity contribution is 5.97. The molecule has 0 saturated carbocycles. The molecule has 1 aliphatic carbocycles. The minimum absolute atomic E-state index is 0.146. The Morgan fingerprint density at radius 2 is 1.79 bits per heavy atom. The number of aliphatic hydroxyl groups is 1. The molecule has 0 aromatic rings. The van der Waals surface area contributed by atoms with Crippen LogP contribution in [0.5, 0.6) is 0 Å². The van der Waals surface area contributed by atoms with E-state index in [2.05, 4.69) is 26.0 Å². The topological polar surface area (TPSA) is 74.6 Å². The number of carboxylic acids is 1. The molecule has 2 N–H and O–H groups in total. The lowest BCUT2D eigenvalue weighted by Gasteiger charge is -2.28. The van der Waals surface area contributed by atoms with Crippen molar-refractivity contribution in [1.29, 1.82) is 0 Å². The van der Waals surface area contributed by atoms with Crippen molar-refractivity contribution >= 4 is 11.8 Å². The molecule has 0 aromatic carbocycles. The van der Waals surface area contributed by atoms with E-state index in [9.17, 15) is 14.7 Å². The summed E-state index contributed by atoms with van der Waals surface area (Å²) in [7, 11) is 0. The third kappa shape index (κ3) is 8.30. The van der Waals surface area contributed by atoms with Gasteiger partial charge in [-0.1, -0.05) is 90.4 Å². The van der Waals surface area contributed by atoms with Crippen molar-refractivity contribution in [3.05, 3.63) is 24.3 Å². The minimum Gasteiger partial charge on any atom is -0.479 e. The highest BCUT2D eigenvalue weighted by Gasteiger charge is 2.40. The first-order chi connectivity index (χ1) is 13.3. The molecule has 0 spiro atoms. The zero-order valence-electron chi connectivity index (χ0n) is 18.0. The summed E-state index contributed by atoms with van der Waals surface area (Å²) in [5.41, 5.74) is -0.386. The van der Waals surface area contributed by atoms with Crippen molar-refractivity contribution in [2.75, 3.05) is 0 Å². The Morgan fingerprint density at radius 3 is 2.46 bits per heavy atom. The van der Waals surface area contributed by atoms with Gasteiger partial charge in [-0.05, 0) is 31.3 Å². The van der Waals surface area contributed by atoms with Gasteiger partial charge < -0.3 is 10.2 Å². The van der Waals surface area contributed by atoms with Crippen LogP contribution in [0.4, 0.5) is 0 Å². The van der Waals surface area contributed by atoms with Gasteiger partial charge in [0, 0.05) is 11.3 Å². The summed E-state index contributed by atoms with van der Waals surface area (Å²) in [5.74, 6) is -0.286. The Labute approximate surface area is 171 Å². The van der Waals surface area contributed by atoms with Crippen molar-refractivity contribution in [3.63, 3.8) is 0 Å². The maximum Gasteiger partial charge on any atom is 0.332 e. The van der Waals surface area contributed by atoms with E-state index in [1.54, 1.807) is 6.08 Å². The SMILES string of the molecule is CCCCCCCC(C)C=C[C@H]1C=CC(=O)[C@]1(C)CCCCCC(O)C(=O)O. The van der Waals surface area contributed by atoms with Gasteiger partial charge in [0.05, 0.1) is 0 Å². The van der Waals surface area contributed by atoms with Crippen LogP contribution in [0.2, 0.25) is 0 Å². The highest BCUT2D eigenvalue weighted by atomic mass is 16.4. The number of rotatable bonds is 15. The van der Waals surface area contributed by atoms with E-state index in [0.717, 1.165) is 19.3 Å². The van der Waals surface area contributed by atoms with Crippen molar-refractivity contribution in [2.24, 2.45) is 17.3 Å². The van der Waals surface area contributed by atoms with Crippen LogP contribution in [0.15, 0.2) is 24.3 Å². The van der Waals surface area contributed by atoms with Crippen molar-refractivity contribution in [2.45, 2.75) is 97.5 Å². The maximum atomic E-state index is 12.4. The molecule has 1 rings (SSSR count). The van der Waals surface area contributed by atoms with Crippen LogP contribution in [-0.4, -0.2) is 28.1 Å². The van der Waals surface area contributed by atoms with E-state index >= 15 is 0 Å². The third-order valence-corrected chi connectivity index (χ3v) is 6.12. The van der Waals surface area contributed by atoms with Gasteiger partial charge in [0.15, 0.2) is 11.9 Å². The molecule has 2 unspecified atom stereocenters. The highest BCUT2D eigenvalue weighted by Crippen LogP contribution is 2.41. The lowest BCUT2D eigenvalue weighted by atomic mass is 9.74. The molecule has 0 fully saturated rings. The lowest BCUT2D eigenvalue weighted by Crippen LogP contribution is -2.29. The molecule has 0 heterocycles. The van der Waals surface area contributed by atoms with E-state index < -0.39 is 12.1 Å². The fraction of sp³-hybridized carbons (Fsp3) is 0.750. The van der Waals surface area contributed by atoms with E-state index in [1.807, 2.05) is 13.0 Å². The number of aliphatic carboxylic acids is 1. The quantitative estimate of drug-likeness (QED) is 0.277. The Kier molecular flexibility index (Phi) is 11.4. The Balaban J connectivity index is 2.40. The summed E-state index contributed by atoms with van der Waals surface area (Å²) in [4.78, 5) is 23.1. The lowest BCUT2D eigenvalue weighted by molar-refractivity contribution is -0.146. The number of ketones is 1. The third-order valence-electron chi connectivity index (χ3n) is 6.12. The normalized spacial score (nSPS) is 24.1. The molecule has 0 aliphatic heterocycles. The number of carboxylic acid groups (broad SMARTS) is 1. The standard InChI is InChI=1S/C24H40O4/c1-4-5-6-7-9-12-19(2)14-15-20-16-17-22(26)24(20,3)18-11-8-10-13-21(25)23(27)28/h14-17,19-21,25H,4-13,18H2,1-3H3,(H,27,28)/t19?,20-,21?,24+/m0/s1. The first-order valence-corrected chi connectivity index (χ1v) is 11.1. The van der Waals surface area contributed by atoms with Crippen LogP contribution in [0.3, 0.4) is 0 Å². The zero-order chi connectivity index (χ0) is 21.0. The number of hydrogen-bond acceptors (Lipinski definition) is 3. The van der Waals surface area contributed by atoms with Gasteiger partial charge >= 0.3 is 5.97 Å². The second kappa shape index (κ2) is 12.9. The number of carbonyl (C=O) groups excluding carboxylic acids is 1. The number of hydrogen-bond donors (Lipinski definition) is 2. The molecule has 28 heavy (non-hydrogen) atoms. The number of allylic oxidation sites excluding steroid dienone is 4. The fourth-order valence-electron chi connectivity index (χ4n) is 3.93. The number of carbonyl (C=O) groups is 2. The first-order valence-electron chi connectivity index (χ1n) is 11.1. The van der Waals surface area contributed by atoms with Crippen LogP contribution < -0.4 is 0 Å². The minimum atomic E-state index is -1.27. The van der Waals surface area contributed by atoms with E-state index in [1.165, 1.54) is 38.5 Å². The predicted molar refractivity (Wildman–Crippen MR) is 114 cm³/mol. The van der Waals surface area contributed by atoms with Gasteiger partial charge in [-0.2, -0.15) is 0 Å². The molecule has 0 saturated heterocycles. The summed E-state index contributed by atoms with van der Waals surface area (Å²) in [6.45, 7) is 6.53.